The number of benzene rings is 2. The van der Waals surface area contributed by atoms with Crippen LogP contribution in [-0.2, 0) is 16.8 Å². The van der Waals surface area contributed by atoms with Crippen molar-refractivity contribution in [1.29, 1.82) is 0 Å². The minimum absolute atomic E-state index is 0.0251. The van der Waals surface area contributed by atoms with Crippen molar-refractivity contribution in [2.24, 2.45) is 5.92 Å². The zero-order chi connectivity index (χ0) is 23.6. The molecule has 0 amide bonds. The molecule has 10 fully saturated rings. The van der Waals surface area contributed by atoms with Crippen molar-refractivity contribution < 1.29 is 11.4 Å². The van der Waals surface area contributed by atoms with E-state index in [0.717, 1.165) is 28.2 Å². The van der Waals surface area contributed by atoms with Crippen molar-refractivity contribution >= 4 is 23.2 Å². The second kappa shape index (κ2) is 2.48. The van der Waals surface area contributed by atoms with Crippen molar-refractivity contribution in [1.82, 2.24) is 0 Å². The minimum atomic E-state index is -5.01. The van der Waals surface area contributed by atoms with Crippen LogP contribution >= 0.6 is 23.2 Å². The fourth-order valence-corrected chi connectivity index (χ4v) is 282. The second-order valence-corrected chi connectivity index (χ2v) is 73.3. The van der Waals surface area contributed by atoms with Crippen LogP contribution in [0.4, 0.5) is 0 Å². The maximum atomic E-state index is 8.55. The van der Waals surface area contributed by atoms with Crippen molar-refractivity contribution in [2.45, 2.75) is 71.7 Å². The average molecular weight is 589 g/mol. The molecule has 2 aliphatic carbocycles. The molecule has 0 nitrogen and oxygen atoms in total. The molecule has 2 aromatic rings. The molecule has 1 spiro atoms. The van der Waals surface area contributed by atoms with E-state index >= 15 is 0 Å². The Labute approximate surface area is 205 Å². The zero-order valence-electron chi connectivity index (χ0n) is 20.8. The molecule has 6 atom stereocenters. The Morgan fingerprint density at radius 3 is 1.89 bits per heavy atom. The first-order valence-corrected chi connectivity index (χ1v) is 29.3. The van der Waals surface area contributed by atoms with E-state index in [9.17, 15) is 0 Å². The Morgan fingerprint density at radius 2 is 1.50 bits per heavy atom. The third-order valence-electron chi connectivity index (χ3n) is 27.4. The second-order valence-electron chi connectivity index (χ2n) is 19.8. The summed E-state index contributed by atoms with van der Waals surface area (Å²) in [6.45, 7) is 5.34. The van der Waals surface area contributed by atoms with E-state index in [0.29, 0.717) is 12.2 Å². The predicted octanol–water partition coefficient (Wildman–Crippen LogP) is 9.70. The fourth-order valence-electron chi connectivity index (χ4n) is 32.2. The van der Waals surface area contributed by atoms with Crippen LogP contribution in [0.3, 0.4) is 0 Å². The van der Waals surface area contributed by atoms with Gasteiger partial charge in [-0.1, -0.05) is 0 Å². The summed E-state index contributed by atoms with van der Waals surface area (Å²) in [5.41, 5.74) is 8.03. The molecule has 3 heteroatoms. The molecule has 0 radical (unpaired) electrons. The molecule has 6 unspecified atom stereocenters. The van der Waals surface area contributed by atoms with Gasteiger partial charge in [-0.15, -0.1) is 0 Å². The normalized spacial score (nSPS) is 73.5. The van der Waals surface area contributed by atoms with Crippen molar-refractivity contribution in [3.8, 4) is 11.1 Å². The summed E-state index contributed by atoms with van der Waals surface area (Å²) in [6.07, 6.45) is 10.6. The summed E-state index contributed by atoms with van der Waals surface area (Å²) in [7, 11) is 0. The summed E-state index contributed by atoms with van der Waals surface area (Å²) in [6, 6.07) is 19.2. The van der Waals surface area contributed by atoms with Gasteiger partial charge in [0.2, 0.25) is 0 Å². The first kappa shape index (κ1) is 17.9. The molecule has 0 bridgehead atoms. The monoisotopic (exact) mass is 586 g/mol. The molecule has 36 heavy (non-hydrogen) atoms. The third-order valence-corrected chi connectivity index (χ3v) is 139. The van der Waals surface area contributed by atoms with E-state index in [1.807, 2.05) is 0 Å². The fraction of sp³-hybridized carbons (Fsp3) is 0.515. The van der Waals surface area contributed by atoms with Crippen LogP contribution < -0.4 is 0 Å². The molecule has 0 N–H and O–H groups in total. The number of allylic oxidation sites excluding steroid dienone is 4. The van der Waals surface area contributed by atoms with Gasteiger partial charge >= 0.3 is 207 Å². The summed E-state index contributed by atoms with van der Waals surface area (Å²) < 4.78 is 7.26. The van der Waals surface area contributed by atoms with Crippen molar-refractivity contribution in [3.05, 3.63) is 83.5 Å². The number of alkyl halides is 2. The van der Waals surface area contributed by atoms with Crippen LogP contribution in [-0.4, -0.2) is 5.16 Å². The number of halogens is 2. The van der Waals surface area contributed by atoms with Gasteiger partial charge < -0.3 is 0 Å². The van der Waals surface area contributed by atoms with Crippen LogP contribution in [0.1, 0.15) is 44.2 Å². The Kier molecular flexibility index (Phi) is 1.23. The van der Waals surface area contributed by atoms with Gasteiger partial charge in [0.1, 0.15) is 0 Å². The third kappa shape index (κ3) is 0.341. The summed E-state index contributed by atoms with van der Waals surface area (Å²) >= 11 is 11.7. The van der Waals surface area contributed by atoms with Crippen LogP contribution in [0.2, 0.25) is 28.0 Å². The van der Waals surface area contributed by atoms with Gasteiger partial charge in [0, 0.05) is 0 Å². The molecule has 10 aliphatic heterocycles. The standard InChI is InChI=1S/C28H25Cl2.C5H5.Zr/c1-3-20(17-19-10-4-5-11-19)28(26-18(2)16-25(29)27(26)30)23-14-8-6-12-21(23)22-13-7-9-15-24(22)28;1-2-4-5-3-1;/h4-10,12-16,20H,3,11,17H2,1-2H3;1-5H;. The van der Waals surface area contributed by atoms with Crippen LogP contribution in [0.15, 0.2) is 72.3 Å². The van der Waals surface area contributed by atoms with Crippen molar-refractivity contribution in [2.75, 3.05) is 0 Å². The molecule has 10 saturated heterocycles. The molecule has 0 aromatic heterocycles. The van der Waals surface area contributed by atoms with E-state index in [4.69, 9.17) is 23.2 Å². The summed E-state index contributed by atoms with van der Waals surface area (Å²) in [5, 5.41) is 0. The van der Waals surface area contributed by atoms with Gasteiger partial charge in [0.15, 0.2) is 0 Å². The molecular weight excluding hydrogens is 558 g/mol. The molecule has 0 saturated carbocycles. The first-order valence-electron chi connectivity index (χ1n) is 15.1. The van der Waals surface area contributed by atoms with Crippen LogP contribution in [0.25, 0.3) is 11.1 Å². The number of fused-ring (bicyclic) bond motifs is 13. The van der Waals surface area contributed by atoms with E-state index < -0.39 is 11.4 Å². The van der Waals surface area contributed by atoms with E-state index in [1.165, 1.54) is 24.0 Å². The quantitative estimate of drug-likeness (QED) is 0.305. The summed E-state index contributed by atoms with van der Waals surface area (Å²) in [5.74, 6) is 0.593. The zero-order valence-corrected chi connectivity index (χ0v) is 24.7. The maximum absolute atomic E-state index is 8.55. The van der Waals surface area contributed by atoms with E-state index in [-0.39, 0.29) is 10.6 Å². The van der Waals surface area contributed by atoms with Gasteiger partial charge in [-0.05, 0) is 0 Å². The van der Waals surface area contributed by atoms with Gasteiger partial charge in [0.25, 0.3) is 0 Å². The van der Waals surface area contributed by atoms with Crippen LogP contribution in [0, 0.1) is 5.92 Å². The van der Waals surface area contributed by atoms with Gasteiger partial charge in [-0.25, -0.2) is 0 Å². The predicted molar refractivity (Wildman–Crippen MR) is 144 cm³/mol. The number of hydrogen-bond donors (Lipinski definition) is 0. The molecule has 2 aromatic carbocycles. The van der Waals surface area contributed by atoms with Crippen LogP contribution in [0.5, 0.6) is 0 Å². The van der Waals surface area contributed by atoms with Crippen molar-refractivity contribution in [3.63, 3.8) is 0 Å². The van der Waals surface area contributed by atoms with Gasteiger partial charge in [-0.3, -0.25) is 0 Å². The molecule has 180 valence electrons. The number of rotatable bonds is 5. The Morgan fingerprint density at radius 1 is 0.917 bits per heavy atom. The van der Waals surface area contributed by atoms with E-state index in [1.54, 1.807) is 16.7 Å². The Balaban J connectivity index is 1.22. The molecule has 12 aliphatic rings. The molecule has 10 heterocycles. The Hall–Kier alpha value is -0.617. The average Bonchev–Trinajstić information content (AvgIpc) is 3.73. The van der Waals surface area contributed by atoms with Gasteiger partial charge in [0.05, 0.1) is 0 Å². The Bertz CT molecular complexity index is 2060. The molecule has 14 rings (SSSR count). The molecular formula is C33H30Cl2Zr. The summed E-state index contributed by atoms with van der Waals surface area (Å²) in [4.78, 5) is 0. The van der Waals surface area contributed by atoms with E-state index in [2.05, 4.69) is 80.6 Å². The number of hydrogen-bond acceptors (Lipinski definition) is 0. The first-order chi connectivity index (χ1) is 17.2. The topological polar surface area (TPSA) is 0 Å². The van der Waals surface area contributed by atoms with Gasteiger partial charge in [-0.2, -0.15) is 0 Å². The SMILES string of the molecule is CCC(CC1=CC=CC1)C1([C]23[C]4(C)[CH]5[C]6(Cl)[C]2(Cl)[Zr]54632789[CH]3[CH]2[CH]7[CH]8[CH]39)c2ccccc2-c2ccccc21.